The molecule has 5 heteroatoms. The molecule has 3 aromatic rings. The van der Waals surface area contributed by atoms with Gasteiger partial charge in [-0.15, -0.1) is 6.42 Å². The molecular weight excluding hydrogens is 352 g/mol. The van der Waals surface area contributed by atoms with Gasteiger partial charge in [-0.05, 0) is 29.7 Å². The lowest BCUT2D eigenvalue weighted by Crippen LogP contribution is -2.04. The van der Waals surface area contributed by atoms with Crippen molar-refractivity contribution in [2.75, 3.05) is 13.2 Å². The van der Waals surface area contributed by atoms with Gasteiger partial charge in [0.15, 0.2) is 0 Å². The van der Waals surface area contributed by atoms with E-state index in [4.69, 9.17) is 20.9 Å². The van der Waals surface area contributed by atoms with E-state index in [1.807, 2.05) is 18.2 Å². The van der Waals surface area contributed by atoms with Crippen LogP contribution in [0.4, 0.5) is 0 Å². The standard InChI is InChI=1S/C23H22N2O3/c1-4-12-28-19-9-10-21-20(14-19)23(25-22(24-21)11-13-27-15-26)18-7-5-17(6-8-18)16(2)3/h1,5-10,14-16H,11-13H2,2-3H3. The molecule has 0 aliphatic carbocycles. The molecule has 3 rings (SSSR count). The maximum atomic E-state index is 10.4. The fourth-order valence-electron chi connectivity index (χ4n) is 2.93. The number of aromatic nitrogens is 2. The van der Waals surface area contributed by atoms with Crippen LogP contribution in [0.3, 0.4) is 0 Å². The first-order chi connectivity index (χ1) is 13.6. The molecule has 1 heterocycles. The summed E-state index contributed by atoms with van der Waals surface area (Å²) >= 11 is 0. The van der Waals surface area contributed by atoms with Gasteiger partial charge in [0.05, 0.1) is 17.8 Å². The number of carbonyl (C=O) groups excluding carboxylic acids is 1. The monoisotopic (exact) mass is 374 g/mol. The lowest BCUT2D eigenvalue weighted by Gasteiger charge is -2.12. The van der Waals surface area contributed by atoms with E-state index >= 15 is 0 Å². The first-order valence-corrected chi connectivity index (χ1v) is 9.15. The summed E-state index contributed by atoms with van der Waals surface area (Å²) in [5.41, 5.74) is 3.86. The van der Waals surface area contributed by atoms with Gasteiger partial charge in [-0.2, -0.15) is 0 Å². The van der Waals surface area contributed by atoms with E-state index in [0.29, 0.717) is 30.4 Å². The third kappa shape index (κ3) is 4.47. The minimum absolute atomic E-state index is 0.200. The molecule has 28 heavy (non-hydrogen) atoms. The van der Waals surface area contributed by atoms with Gasteiger partial charge in [0.2, 0.25) is 0 Å². The van der Waals surface area contributed by atoms with Gasteiger partial charge in [-0.25, -0.2) is 9.97 Å². The van der Waals surface area contributed by atoms with Gasteiger partial charge in [0, 0.05) is 17.4 Å². The molecule has 5 nitrogen and oxygen atoms in total. The summed E-state index contributed by atoms with van der Waals surface area (Å²) in [5.74, 6) is 4.22. The highest BCUT2D eigenvalue weighted by Crippen LogP contribution is 2.30. The normalized spacial score (nSPS) is 10.6. The highest BCUT2D eigenvalue weighted by Gasteiger charge is 2.12. The van der Waals surface area contributed by atoms with Crippen molar-refractivity contribution in [3.63, 3.8) is 0 Å². The van der Waals surface area contributed by atoms with Crippen molar-refractivity contribution >= 4 is 17.4 Å². The van der Waals surface area contributed by atoms with Crippen LogP contribution in [-0.2, 0) is 16.0 Å². The van der Waals surface area contributed by atoms with Crippen LogP contribution < -0.4 is 4.74 Å². The molecule has 0 bridgehead atoms. The average Bonchev–Trinajstić information content (AvgIpc) is 2.72. The largest absolute Gasteiger partial charge is 0.481 e. The molecule has 0 fully saturated rings. The van der Waals surface area contributed by atoms with Gasteiger partial charge in [-0.1, -0.05) is 44.0 Å². The lowest BCUT2D eigenvalue weighted by atomic mass is 9.99. The van der Waals surface area contributed by atoms with Crippen molar-refractivity contribution in [2.24, 2.45) is 0 Å². The number of ether oxygens (including phenoxy) is 2. The predicted molar refractivity (Wildman–Crippen MR) is 109 cm³/mol. The molecule has 1 aromatic heterocycles. The number of carbonyl (C=O) groups is 1. The lowest BCUT2D eigenvalue weighted by molar-refractivity contribution is -0.128. The van der Waals surface area contributed by atoms with Crippen LogP contribution in [0, 0.1) is 12.3 Å². The second-order valence-corrected chi connectivity index (χ2v) is 6.65. The van der Waals surface area contributed by atoms with E-state index in [0.717, 1.165) is 22.2 Å². The quantitative estimate of drug-likeness (QED) is 0.337. The zero-order valence-electron chi connectivity index (χ0n) is 16.0. The molecular formula is C23H22N2O3. The summed E-state index contributed by atoms with van der Waals surface area (Å²) in [7, 11) is 0. The number of terminal acetylenes is 1. The van der Waals surface area contributed by atoms with Gasteiger partial charge < -0.3 is 9.47 Å². The molecule has 142 valence electrons. The Bertz CT molecular complexity index is 1000. The maximum absolute atomic E-state index is 10.4. The zero-order valence-corrected chi connectivity index (χ0v) is 16.0. The highest BCUT2D eigenvalue weighted by molar-refractivity contribution is 5.93. The minimum Gasteiger partial charge on any atom is -0.481 e. The Morgan fingerprint density at radius 3 is 2.61 bits per heavy atom. The number of benzene rings is 2. The minimum atomic E-state index is 0.200. The summed E-state index contributed by atoms with van der Waals surface area (Å²) in [4.78, 5) is 19.7. The van der Waals surface area contributed by atoms with E-state index in [-0.39, 0.29) is 13.2 Å². The number of rotatable bonds is 8. The van der Waals surface area contributed by atoms with Crippen LogP contribution in [0.2, 0.25) is 0 Å². The first-order valence-electron chi connectivity index (χ1n) is 9.15. The Kier molecular flexibility index (Phi) is 6.23. The van der Waals surface area contributed by atoms with Crippen molar-refractivity contribution in [1.29, 1.82) is 0 Å². The third-order valence-corrected chi connectivity index (χ3v) is 4.40. The first kappa shape index (κ1) is 19.4. The van der Waals surface area contributed by atoms with Crippen molar-refractivity contribution in [1.82, 2.24) is 9.97 Å². The molecule has 0 saturated heterocycles. The van der Waals surface area contributed by atoms with Crippen molar-refractivity contribution in [2.45, 2.75) is 26.2 Å². The number of nitrogens with zero attached hydrogens (tertiary/aromatic N) is 2. The molecule has 0 aliphatic rings. The Morgan fingerprint density at radius 1 is 1.14 bits per heavy atom. The van der Waals surface area contributed by atoms with Crippen molar-refractivity contribution in [3.05, 3.63) is 53.9 Å². The zero-order chi connectivity index (χ0) is 19.9. The molecule has 2 aromatic carbocycles. The van der Waals surface area contributed by atoms with Crippen molar-refractivity contribution in [3.8, 4) is 29.4 Å². The third-order valence-electron chi connectivity index (χ3n) is 4.40. The predicted octanol–water partition coefficient (Wildman–Crippen LogP) is 4.15. The average molecular weight is 374 g/mol. The van der Waals surface area contributed by atoms with Gasteiger partial charge >= 0.3 is 0 Å². The molecule has 0 unspecified atom stereocenters. The summed E-state index contributed by atoms with van der Waals surface area (Å²) in [6.07, 6.45) is 5.74. The van der Waals surface area contributed by atoms with Crippen LogP contribution in [0.1, 0.15) is 31.2 Å². The van der Waals surface area contributed by atoms with Gasteiger partial charge in [-0.3, -0.25) is 4.79 Å². The second-order valence-electron chi connectivity index (χ2n) is 6.65. The van der Waals surface area contributed by atoms with Crippen LogP contribution in [0.25, 0.3) is 22.2 Å². The summed E-state index contributed by atoms with van der Waals surface area (Å²) < 4.78 is 10.4. The maximum Gasteiger partial charge on any atom is 0.293 e. The molecule has 0 aliphatic heterocycles. The van der Waals surface area contributed by atoms with E-state index in [9.17, 15) is 4.79 Å². The molecule has 0 saturated carbocycles. The Balaban J connectivity index is 2.08. The second kappa shape index (κ2) is 9.01. The summed E-state index contributed by atoms with van der Waals surface area (Å²) in [5, 5.41) is 0.881. The van der Waals surface area contributed by atoms with Crippen LogP contribution in [-0.4, -0.2) is 29.7 Å². The summed E-state index contributed by atoms with van der Waals surface area (Å²) in [6.45, 7) is 5.20. The molecule has 0 amide bonds. The fraction of sp³-hybridized carbons (Fsp3) is 0.261. The molecule has 0 spiro atoms. The van der Waals surface area contributed by atoms with Crippen molar-refractivity contribution < 1.29 is 14.3 Å². The molecule has 0 radical (unpaired) electrons. The topological polar surface area (TPSA) is 61.3 Å². The molecule has 0 atom stereocenters. The van der Waals surface area contributed by atoms with E-state index in [2.05, 4.69) is 49.0 Å². The van der Waals surface area contributed by atoms with Crippen LogP contribution in [0.15, 0.2) is 42.5 Å². The SMILES string of the molecule is C#CCOc1ccc2nc(CCOC=O)nc(-c3ccc(C(C)C)cc3)c2c1. The smallest absolute Gasteiger partial charge is 0.293 e. The fourth-order valence-corrected chi connectivity index (χ4v) is 2.93. The summed E-state index contributed by atoms with van der Waals surface area (Å²) in [6, 6.07) is 14.0. The van der Waals surface area contributed by atoms with Crippen LogP contribution in [0.5, 0.6) is 5.75 Å². The number of fused-ring (bicyclic) bond motifs is 1. The Labute approximate surface area is 164 Å². The van der Waals surface area contributed by atoms with E-state index in [1.165, 1.54) is 5.56 Å². The Morgan fingerprint density at radius 2 is 1.93 bits per heavy atom. The number of hydrogen-bond donors (Lipinski definition) is 0. The van der Waals surface area contributed by atoms with Gasteiger partial charge in [0.1, 0.15) is 18.2 Å². The number of hydrogen-bond acceptors (Lipinski definition) is 5. The van der Waals surface area contributed by atoms with Crippen LogP contribution >= 0.6 is 0 Å². The van der Waals surface area contributed by atoms with Gasteiger partial charge in [0.25, 0.3) is 6.47 Å². The Hall–Kier alpha value is -3.39. The molecule has 0 N–H and O–H groups in total. The van der Waals surface area contributed by atoms with E-state index in [1.54, 1.807) is 0 Å². The highest BCUT2D eigenvalue weighted by atomic mass is 16.5. The van der Waals surface area contributed by atoms with E-state index < -0.39 is 0 Å².